The Morgan fingerprint density at radius 1 is 1.16 bits per heavy atom. The van der Waals surface area contributed by atoms with Crippen LogP contribution in [0.15, 0.2) is 30.3 Å². The molecular weight excluding hydrogens is 406 g/mol. The fourth-order valence-corrected chi connectivity index (χ4v) is 4.17. The smallest absolute Gasteiger partial charge is 0.251 e. The first-order valence-corrected chi connectivity index (χ1v) is 10.2. The summed E-state index contributed by atoms with van der Waals surface area (Å²) >= 11 is 0. The van der Waals surface area contributed by atoms with Gasteiger partial charge in [-0.25, -0.2) is 13.8 Å². The van der Waals surface area contributed by atoms with Gasteiger partial charge in [0.25, 0.3) is 5.91 Å². The number of hydrogen-bond acceptors (Lipinski definition) is 5. The fourth-order valence-electron chi connectivity index (χ4n) is 4.17. The number of halogens is 2. The Kier molecular flexibility index (Phi) is 4.97. The number of amides is 1. The first-order valence-electron chi connectivity index (χ1n) is 10.2. The van der Waals surface area contributed by atoms with Crippen molar-refractivity contribution < 1.29 is 23.0 Å². The van der Waals surface area contributed by atoms with Crippen molar-refractivity contribution in [3.05, 3.63) is 53.4 Å². The van der Waals surface area contributed by atoms with Crippen LogP contribution in [0.4, 0.5) is 8.78 Å². The molecule has 162 valence electrons. The Bertz CT molecular complexity index is 1110. The second kappa shape index (κ2) is 7.81. The Morgan fingerprint density at radius 2 is 1.94 bits per heavy atom. The van der Waals surface area contributed by atoms with E-state index in [1.807, 2.05) is 7.05 Å². The number of nitrogens with zero attached hydrogens (tertiary/aromatic N) is 2. The van der Waals surface area contributed by atoms with Crippen LogP contribution in [0.1, 0.15) is 35.1 Å². The van der Waals surface area contributed by atoms with Crippen LogP contribution in [0.5, 0.6) is 11.5 Å². The summed E-state index contributed by atoms with van der Waals surface area (Å²) in [4.78, 5) is 22.5. The molecule has 5 rings (SSSR count). The summed E-state index contributed by atoms with van der Waals surface area (Å²) in [6.07, 6.45) is 1.41. The molecule has 3 aromatic rings. The van der Waals surface area contributed by atoms with E-state index in [1.165, 1.54) is 0 Å². The lowest BCUT2D eigenvalue weighted by molar-refractivity contribution is 0.0883. The third-order valence-corrected chi connectivity index (χ3v) is 5.87. The number of rotatable bonds is 3. The van der Waals surface area contributed by atoms with Gasteiger partial charge in [0.2, 0.25) is 0 Å². The molecule has 3 heterocycles. The Morgan fingerprint density at radius 3 is 2.77 bits per heavy atom. The Hall–Kier alpha value is -3.20. The summed E-state index contributed by atoms with van der Waals surface area (Å²) in [7, 11) is 1.97. The molecule has 9 heteroatoms. The van der Waals surface area contributed by atoms with Crippen LogP contribution in [-0.4, -0.2) is 53.6 Å². The van der Waals surface area contributed by atoms with Gasteiger partial charge < -0.3 is 19.8 Å². The molecule has 2 unspecified atom stereocenters. The third-order valence-electron chi connectivity index (χ3n) is 5.87. The highest BCUT2D eigenvalue weighted by Gasteiger charge is 2.31. The third kappa shape index (κ3) is 3.81. The number of benzene rings is 2. The van der Waals surface area contributed by atoms with Gasteiger partial charge in [0.05, 0.1) is 17.1 Å². The molecule has 2 aliphatic heterocycles. The highest BCUT2D eigenvalue weighted by molar-refractivity contribution is 5.95. The summed E-state index contributed by atoms with van der Waals surface area (Å²) < 4.78 is 38.2. The quantitative estimate of drug-likeness (QED) is 0.670. The lowest BCUT2D eigenvalue weighted by Gasteiger charge is -2.36. The molecule has 2 aliphatic rings. The van der Waals surface area contributed by atoms with Gasteiger partial charge in [0.15, 0.2) is 23.1 Å². The maximum Gasteiger partial charge on any atom is 0.251 e. The fraction of sp³-hybridized carbons (Fsp3) is 0.364. The van der Waals surface area contributed by atoms with Gasteiger partial charge in [-0.3, -0.25) is 9.69 Å². The number of carbonyl (C=O) groups excluding carboxylic acids is 1. The maximum atomic E-state index is 13.6. The summed E-state index contributed by atoms with van der Waals surface area (Å²) in [6.45, 7) is 1.70. The van der Waals surface area contributed by atoms with E-state index in [2.05, 4.69) is 20.2 Å². The Labute approximate surface area is 177 Å². The van der Waals surface area contributed by atoms with Crippen LogP contribution in [-0.2, 0) is 0 Å². The number of imidazole rings is 1. The molecule has 0 saturated carbocycles. The van der Waals surface area contributed by atoms with Gasteiger partial charge in [-0.15, -0.1) is 0 Å². The number of fused-ring (bicyclic) bond motifs is 2. The van der Waals surface area contributed by atoms with Crippen molar-refractivity contribution in [1.82, 2.24) is 20.2 Å². The standard InChI is InChI=1S/C22H22F2N4O3/c1-28-5-4-13(25-22(29)12-2-3-19-20(8-12)31-7-6-30-19)9-18(28)21-26-16-10-14(23)15(24)11-17(16)27-21/h2-3,8,10-11,13,18H,4-7,9H2,1H3,(H,25,29)(H,26,27). The Balaban J connectivity index is 1.32. The minimum atomic E-state index is -0.924. The summed E-state index contributed by atoms with van der Waals surface area (Å²) in [6, 6.07) is 7.19. The van der Waals surface area contributed by atoms with E-state index in [-0.39, 0.29) is 18.0 Å². The molecule has 2 aromatic carbocycles. The predicted octanol–water partition coefficient (Wildman–Crippen LogP) is 3.18. The molecule has 0 radical (unpaired) electrons. The summed E-state index contributed by atoms with van der Waals surface area (Å²) in [5.41, 5.74) is 1.34. The average Bonchev–Trinajstić information content (AvgIpc) is 3.17. The van der Waals surface area contributed by atoms with E-state index in [1.54, 1.807) is 18.2 Å². The first-order chi connectivity index (χ1) is 15.0. The second-order valence-corrected chi connectivity index (χ2v) is 7.96. The van der Waals surface area contributed by atoms with Crippen LogP contribution in [0, 0.1) is 11.6 Å². The number of aromatic nitrogens is 2. The number of hydrogen-bond donors (Lipinski definition) is 2. The summed E-state index contributed by atoms with van der Waals surface area (Å²) in [5.74, 6) is -0.182. The topological polar surface area (TPSA) is 79.5 Å². The van der Waals surface area contributed by atoms with Crippen molar-refractivity contribution in [2.75, 3.05) is 26.8 Å². The molecule has 31 heavy (non-hydrogen) atoms. The van der Waals surface area contributed by atoms with Crippen LogP contribution < -0.4 is 14.8 Å². The van der Waals surface area contributed by atoms with Gasteiger partial charge in [0.1, 0.15) is 19.0 Å². The zero-order valence-electron chi connectivity index (χ0n) is 17.0. The highest BCUT2D eigenvalue weighted by atomic mass is 19.2. The van der Waals surface area contributed by atoms with Crippen molar-refractivity contribution in [1.29, 1.82) is 0 Å². The van der Waals surface area contributed by atoms with Crippen molar-refractivity contribution in [3.8, 4) is 11.5 Å². The molecule has 1 fully saturated rings. The highest BCUT2D eigenvalue weighted by Crippen LogP contribution is 2.32. The molecule has 0 aliphatic carbocycles. The zero-order chi connectivity index (χ0) is 21.5. The zero-order valence-corrected chi connectivity index (χ0v) is 17.0. The average molecular weight is 428 g/mol. The van der Waals surface area contributed by atoms with Crippen LogP contribution in [0.2, 0.25) is 0 Å². The minimum Gasteiger partial charge on any atom is -0.486 e. The molecule has 1 amide bonds. The molecule has 2 atom stereocenters. The first kappa shape index (κ1) is 19.7. The number of aromatic amines is 1. The predicted molar refractivity (Wildman–Crippen MR) is 109 cm³/mol. The molecule has 0 spiro atoms. The van der Waals surface area contributed by atoms with Crippen molar-refractivity contribution in [2.45, 2.75) is 24.9 Å². The number of ether oxygens (including phenoxy) is 2. The molecule has 0 bridgehead atoms. The summed E-state index contributed by atoms with van der Waals surface area (Å²) in [5, 5.41) is 3.09. The maximum absolute atomic E-state index is 13.6. The van der Waals surface area contributed by atoms with Gasteiger partial charge >= 0.3 is 0 Å². The lowest BCUT2D eigenvalue weighted by atomic mass is 9.96. The normalized spacial score (nSPS) is 21.3. The van der Waals surface area contributed by atoms with E-state index in [0.29, 0.717) is 53.6 Å². The molecule has 1 aromatic heterocycles. The van der Waals surface area contributed by atoms with E-state index in [4.69, 9.17) is 9.47 Å². The van der Waals surface area contributed by atoms with Crippen LogP contribution in [0.25, 0.3) is 11.0 Å². The van der Waals surface area contributed by atoms with Crippen LogP contribution in [0.3, 0.4) is 0 Å². The van der Waals surface area contributed by atoms with Gasteiger partial charge in [-0.1, -0.05) is 0 Å². The largest absolute Gasteiger partial charge is 0.486 e. The van der Waals surface area contributed by atoms with E-state index in [0.717, 1.165) is 25.1 Å². The van der Waals surface area contributed by atoms with Crippen molar-refractivity contribution >= 4 is 16.9 Å². The molecule has 2 N–H and O–H groups in total. The van der Waals surface area contributed by atoms with E-state index in [9.17, 15) is 13.6 Å². The molecular formula is C22H22F2N4O3. The van der Waals surface area contributed by atoms with E-state index >= 15 is 0 Å². The molecule has 1 saturated heterocycles. The van der Waals surface area contributed by atoms with Crippen LogP contribution >= 0.6 is 0 Å². The monoisotopic (exact) mass is 428 g/mol. The van der Waals surface area contributed by atoms with Gasteiger partial charge in [-0.2, -0.15) is 0 Å². The number of H-pyrrole nitrogens is 1. The number of carbonyl (C=O) groups is 1. The van der Waals surface area contributed by atoms with E-state index < -0.39 is 11.6 Å². The SMILES string of the molecule is CN1CCC(NC(=O)c2ccc3c(c2)OCCO3)CC1c1nc2cc(F)c(F)cc2[nH]1. The minimum absolute atomic E-state index is 0.0661. The van der Waals surface area contributed by atoms with Gasteiger partial charge in [-0.05, 0) is 38.1 Å². The number of nitrogens with one attached hydrogen (secondary N) is 2. The lowest BCUT2D eigenvalue weighted by Crippen LogP contribution is -2.45. The van der Waals surface area contributed by atoms with Gasteiger partial charge in [0, 0.05) is 30.3 Å². The molecule has 7 nitrogen and oxygen atoms in total. The number of piperidine rings is 1. The second-order valence-electron chi connectivity index (χ2n) is 7.96. The van der Waals surface area contributed by atoms with Crippen molar-refractivity contribution in [3.63, 3.8) is 0 Å². The number of likely N-dealkylation sites (tertiary alicyclic amines) is 1. The van der Waals surface area contributed by atoms with Crippen molar-refractivity contribution in [2.24, 2.45) is 0 Å².